The van der Waals surface area contributed by atoms with Crippen LogP contribution in [-0.4, -0.2) is 63.5 Å². The maximum absolute atomic E-state index is 12.9. The zero-order valence-electron chi connectivity index (χ0n) is 21.2. The number of furan rings is 1. The van der Waals surface area contributed by atoms with Crippen LogP contribution in [0.3, 0.4) is 0 Å². The molecule has 1 aromatic heterocycles. The van der Waals surface area contributed by atoms with Crippen LogP contribution in [0.15, 0.2) is 46.9 Å². The highest BCUT2D eigenvalue weighted by Crippen LogP contribution is 2.33. The van der Waals surface area contributed by atoms with E-state index in [2.05, 4.69) is 15.5 Å². The largest absolute Gasteiger partial charge is 0.492 e. The number of methoxy groups -OCH3 is 1. The molecule has 1 aliphatic heterocycles. The lowest BCUT2D eigenvalue weighted by molar-refractivity contribution is 0.0323. The number of nitrogens with one attached hydrogen (secondary N) is 2. The van der Waals surface area contributed by atoms with Gasteiger partial charge in [-0.3, -0.25) is 4.90 Å². The highest BCUT2D eigenvalue weighted by Gasteiger charge is 2.26. The molecule has 4 rings (SSSR count). The van der Waals surface area contributed by atoms with Crippen molar-refractivity contribution in [3.05, 3.63) is 54.0 Å². The van der Waals surface area contributed by atoms with Gasteiger partial charge in [-0.25, -0.2) is 9.59 Å². The number of hydrogen-bond donors (Lipinski definition) is 2. The summed E-state index contributed by atoms with van der Waals surface area (Å²) >= 11 is 0. The number of nitrogens with zero attached hydrogens (tertiary/aromatic N) is 1. The van der Waals surface area contributed by atoms with E-state index >= 15 is 0 Å². The van der Waals surface area contributed by atoms with Crippen molar-refractivity contribution in [3.63, 3.8) is 0 Å². The summed E-state index contributed by atoms with van der Waals surface area (Å²) in [4.78, 5) is 27.4. The molecule has 0 radical (unpaired) electrons. The quantitative estimate of drug-likeness (QED) is 0.451. The van der Waals surface area contributed by atoms with E-state index in [1.165, 1.54) is 7.11 Å². The summed E-state index contributed by atoms with van der Waals surface area (Å²) in [7, 11) is 1.27. The minimum absolute atomic E-state index is 0.0496. The van der Waals surface area contributed by atoms with Crippen molar-refractivity contribution in [1.82, 2.24) is 4.90 Å². The van der Waals surface area contributed by atoms with Crippen LogP contribution in [0.2, 0.25) is 0 Å². The SMILES string of the molecule is COC(=O)c1oc(C(C)(C)C)cc1NC(=O)Nc1ccc(OCCN2CCOCC2)c2ccccc12. The van der Waals surface area contributed by atoms with Crippen LogP contribution < -0.4 is 15.4 Å². The van der Waals surface area contributed by atoms with Gasteiger partial charge in [0.05, 0.1) is 31.7 Å². The van der Waals surface area contributed by atoms with E-state index in [1.807, 2.05) is 57.2 Å². The molecule has 1 saturated heterocycles. The molecule has 3 aromatic rings. The van der Waals surface area contributed by atoms with Crippen molar-refractivity contribution in [3.8, 4) is 5.75 Å². The lowest BCUT2D eigenvalue weighted by Crippen LogP contribution is -2.38. The number of carbonyl (C=O) groups is 2. The van der Waals surface area contributed by atoms with Gasteiger partial charge in [0, 0.05) is 41.9 Å². The number of urea groups is 1. The first kappa shape index (κ1) is 25.5. The summed E-state index contributed by atoms with van der Waals surface area (Å²) in [5.41, 5.74) is 0.506. The predicted molar refractivity (Wildman–Crippen MR) is 138 cm³/mol. The summed E-state index contributed by atoms with van der Waals surface area (Å²) in [5.74, 6) is 0.598. The number of anilines is 2. The third kappa shape index (κ3) is 5.98. The Morgan fingerprint density at radius 1 is 1.00 bits per heavy atom. The van der Waals surface area contributed by atoms with E-state index < -0.39 is 12.0 Å². The molecule has 2 N–H and O–H groups in total. The molecule has 9 heteroatoms. The monoisotopic (exact) mass is 495 g/mol. The number of benzene rings is 2. The number of fused-ring (bicyclic) bond motifs is 1. The Bertz CT molecular complexity index is 1220. The molecular formula is C27H33N3O6. The number of rotatable bonds is 7. The highest BCUT2D eigenvalue weighted by molar-refractivity contribution is 6.09. The van der Waals surface area contributed by atoms with Gasteiger partial charge in [-0.15, -0.1) is 0 Å². The Morgan fingerprint density at radius 2 is 1.69 bits per heavy atom. The van der Waals surface area contributed by atoms with Crippen molar-refractivity contribution in [2.24, 2.45) is 0 Å². The second kappa shape index (κ2) is 11.0. The molecule has 0 saturated carbocycles. The van der Waals surface area contributed by atoms with Crippen molar-refractivity contribution in [2.45, 2.75) is 26.2 Å². The minimum atomic E-state index is -0.662. The summed E-state index contributed by atoms with van der Waals surface area (Å²) < 4.78 is 22.0. The molecule has 1 fully saturated rings. The smallest absolute Gasteiger partial charge is 0.376 e. The van der Waals surface area contributed by atoms with E-state index in [9.17, 15) is 9.59 Å². The summed E-state index contributed by atoms with van der Waals surface area (Å²) in [5, 5.41) is 7.34. The van der Waals surface area contributed by atoms with Crippen molar-refractivity contribution >= 4 is 34.1 Å². The zero-order chi connectivity index (χ0) is 25.7. The molecular weight excluding hydrogens is 462 g/mol. The molecule has 0 atom stereocenters. The summed E-state index contributed by atoms with van der Waals surface area (Å²) in [6.07, 6.45) is 0. The molecule has 9 nitrogen and oxygen atoms in total. The van der Waals surface area contributed by atoms with Gasteiger partial charge >= 0.3 is 12.0 Å². The molecule has 0 aliphatic carbocycles. The highest BCUT2D eigenvalue weighted by atomic mass is 16.5. The van der Waals surface area contributed by atoms with Crippen LogP contribution in [0, 0.1) is 0 Å². The molecule has 2 amide bonds. The average Bonchev–Trinajstić information content (AvgIpc) is 3.29. The molecule has 0 unspecified atom stereocenters. The third-order valence-corrected chi connectivity index (χ3v) is 5.99. The third-order valence-electron chi connectivity index (χ3n) is 5.99. The molecule has 2 aromatic carbocycles. The first-order chi connectivity index (χ1) is 17.3. The molecule has 1 aliphatic rings. The van der Waals surface area contributed by atoms with Crippen molar-refractivity contribution in [1.29, 1.82) is 0 Å². The number of morpholine rings is 1. The Morgan fingerprint density at radius 3 is 2.39 bits per heavy atom. The van der Waals surface area contributed by atoms with E-state index in [0.717, 1.165) is 49.4 Å². The normalized spacial score (nSPS) is 14.4. The van der Waals surface area contributed by atoms with Gasteiger partial charge in [0.2, 0.25) is 5.76 Å². The van der Waals surface area contributed by atoms with Crippen LogP contribution in [0.5, 0.6) is 5.75 Å². The lowest BCUT2D eigenvalue weighted by Gasteiger charge is -2.26. The summed E-state index contributed by atoms with van der Waals surface area (Å²) in [6.45, 7) is 10.6. The standard InChI is InChI=1S/C27H33N3O6/c1-27(2,3)23-17-21(24(36-23)25(31)33-4)29-26(32)28-20-9-10-22(19-8-6-5-7-18(19)20)35-16-13-30-11-14-34-15-12-30/h5-10,17H,11-16H2,1-4H3,(H2,28,29,32). The maximum atomic E-state index is 12.9. The number of carbonyl (C=O) groups excluding carboxylic acids is 2. The Balaban J connectivity index is 1.48. The minimum Gasteiger partial charge on any atom is -0.492 e. The second-order valence-electron chi connectivity index (χ2n) is 9.63. The molecule has 36 heavy (non-hydrogen) atoms. The van der Waals surface area contributed by atoms with Gasteiger partial charge in [-0.2, -0.15) is 0 Å². The number of amides is 2. The van der Waals surface area contributed by atoms with Crippen LogP contribution in [0.25, 0.3) is 10.8 Å². The van der Waals surface area contributed by atoms with Gasteiger partial charge in [-0.05, 0) is 12.1 Å². The van der Waals surface area contributed by atoms with E-state index in [1.54, 1.807) is 6.07 Å². The second-order valence-corrected chi connectivity index (χ2v) is 9.63. The van der Waals surface area contributed by atoms with Gasteiger partial charge in [-0.1, -0.05) is 45.0 Å². The molecule has 0 spiro atoms. The number of ether oxygens (including phenoxy) is 3. The topological polar surface area (TPSA) is 102 Å². The van der Waals surface area contributed by atoms with Gasteiger partial charge in [0.1, 0.15) is 18.1 Å². The van der Waals surface area contributed by atoms with Gasteiger partial charge < -0.3 is 29.3 Å². The molecule has 2 heterocycles. The maximum Gasteiger partial charge on any atom is 0.376 e. The summed E-state index contributed by atoms with van der Waals surface area (Å²) in [6, 6.07) is 12.5. The number of hydrogen-bond acceptors (Lipinski definition) is 7. The Hall–Kier alpha value is -3.56. The zero-order valence-corrected chi connectivity index (χ0v) is 21.2. The first-order valence-corrected chi connectivity index (χ1v) is 12.0. The van der Waals surface area contributed by atoms with E-state index in [0.29, 0.717) is 18.1 Å². The van der Waals surface area contributed by atoms with E-state index in [4.69, 9.17) is 18.6 Å². The lowest BCUT2D eigenvalue weighted by atomic mass is 9.93. The van der Waals surface area contributed by atoms with Crippen molar-refractivity contribution in [2.75, 3.05) is 57.2 Å². The van der Waals surface area contributed by atoms with Crippen LogP contribution in [-0.2, 0) is 14.9 Å². The Kier molecular flexibility index (Phi) is 7.81. The predicted octanol–water partition coefficient (Wildman–Crippen LogP) is 4.87. The van der Waals surface area contributed by atoms with Crippen LogP contribution in [0.4, 0.5) is 16.2 Å². The fourth-order valence-corrected chi connectivity index (χ4v) is 3.99. The fraction of sp³-hybridized carbons (Fsp3) is 0.407. The fourth-order valence-electron chi connectivity index (χ4n) is 3.99. The Labute approximate surface area is 210 Å². The van der Waals surface area contributed by atoms with E-state index in [-0.39, 0.29) is 16.9 Å². The van der Waals surface area contributed by atoms with Crippen LogP contribution >= 0.6 is 0 Å². The average molecular weight is 496 g/mol. The number of esters is 1. The molecule has 192 valence electrons. The van der Waals surface area contributed by atoms with Gasteiger partial charge in [0.25, 0.3) is 0 Å². The molecule has 0 bridgehead atoms. The van der Waals surface area contributed by atoms with Crippen molar-refractivity contribution < 1.29 is 28.2 Å². The van der Waals surface area contributed by atoms with Gasteiger partial charge in [0.15, 0.2) is 0 Å². The first-order valence-electron chi connectivity index (χ1n) is 12.0. The van der Waals surface area contributed by atoms with Crippen LogP contribution in [0.1, 0.15) is 37.1 Å².